The molecule has 6 rings (SSSR count). The number of fused-ring (bicyclic) bond motifs is 5. The standard InChI is InChI=1S/C26H21NO4/c28-24-21(16-9-5-2-6-10-16)23(20-17-11-12-18(13-17)22(20)24)25(29)27-19(14-31-26(27)30)15-7-3-1-4-8-15/h1-12,17-20,22H,13-14H2/t17-,18+,19+,20+,22-/m0/s1. The topological polar surface area (TPSA) is 63.7 Å². The maximum absolute atomic E-state index is 14.0. The molecule has 2 bridgehead atoms. The van der Waals surface area contributed by atoms with Gasteiger partial charge in [-0.3, -0.25) is 9.59 Å². The molecule has 5 atom stereocenters. The van der Waals surface area contributed by atoms with Crippen LogP contribution >= 0.6 is 0 Å². The fourth-order valence-corrected chi connectivity index (χ4v) is 5.89. The first kappa shape index (κ1) is 18.3. The van der Waals surface area contributed by atoms with Gasteiger partial charge in [0.1, 0.15) is 12.6 Å². The first-order chi connectivity index (χ1) is 15.1. The Kier molecular flexibility index (Phi) is 4.00. The first-order valence-electron chi connectivity index (χ1n) is 10.7. The number of cyclic esters (lactones) is 1. The van der Waals surface area contributed by atoms with Gasteiger partial charge in [-0.2, -0.15) is 0 Å². The van der Waals surface area contributed by atoms with Crippen molar-refractivity contribution in [2.24, 2.45) is 23.7 Å². The van der Waals surface area contributed by atoms with Crippen LogP contribution < -0.4 is 0 Å². The highest BCUT2D eigenvalue weighted by molar-refractivity contribution is 6.31. The van der Waals surface area contributed by atoms with Crippen molar-refractivity contribution >= 4 is 23.4 Å². The molecule has 0 aromatic heterocycles. The Labute approximate surface area is 180 Å². The summed E-state index contributed by atoms with van der Waals surface area (Å²) in [5.41, 5.74) is 2.55. The van der Waals surface area contributed by atoms with Crippen molar-refractivity contribution in [1.29, 1.82) is 0 Å². The summed E-state index contributed by atoms with van der Waals surface area (Å²) in [6.45, 7) is 0.122. The zero-order valence-corrected chi connectivity index (χ0v) is 16.8. The third-order valence-corrected chi connectivity index (χ3v) is 7.18. The zero-order valence-electron chi connectivity index (χ0n) is 16.8. The second kappa shape index (κ2) is 6.77. The van der Waals surface area contributed by atoms with Gasteiger partial charge in [0.2, 0.25) is 0 Å². The molecule has 31 heavy (non-hydrogen) atoms. The fourth-order valence-electron chi connectivity index (χ4n) is 5.89. The van der Waals surface area contributed by atoms with Gasteiger partial charge in [0.25, 0.3) is 5.91 Å². The van der Waals surface area contributed by atoms with Crippen molar-refractivity contribution < 1.29 is 19.1 Å². The first-order valence-corrected chi connectivity index (χ1v) is 10.7. The van der Waals surface area contributed by atoms with E-state index in [9.17, 15) is 14.4 Å². The third kappa shape index (κ3) is 2.59. The molecule has 3 aliphatic carbocycles. The van der Waals surface area contributed by atoms with E-state index in [0.717, 1.165) is 17.5 Å². The summed E-state index contributed by atoms with van der Waals surface area (Å²) in [5.74, 6) is -0.417. The molecule has 1 saturated carbocycles. The Morgan fingerprint density at radius 1 is 0.871 bits per heavy atom. The minimum Gasteiger partial charge on any atom is -0.446 e. The second-order valence-corrected chi connectivity index (χ2v) is 8.70. The van der Waals surface area contributed by atoms with Crippen LogP contribution in [0.25, 0.3) is 5.57 Å². The van der Waals surface area contributed by atoms with Crippen molar-refractivity contribution in [3.05, 3.63) is 89.5 Å². The second-order valence-electron chi connectivity index (χ2n) is 8.70. The highest BCUT2D eigenvalue weighted by atomic mass is 16.6. The molecule has 0 N–H and O–H groups in total. The molecule has 5 heteroatoms. The predicted molar refractivity (Wildman–Crippen MR) is 113 cm³/mol. The maximum Gasteiger partial charge on any atom is 0.417 e. The lowest BCUT2D eigenvalue weighted by Crippen LogP contribution is -2.37. The smallest absolute Gasteiger partial charge is 0.417 e. The molecular weight excluding hydrogens is 390 g/mol. The number of hydrogen-bond donors (Lipinski definition) is 0. The van der Waals surface area contributed by atoms with Crippen molar-refractivity contribution in [2.45, 2.75) is 12.5 Å². The summed E-state index contributed by atoms with van der Waals surface area (Å²) in [4.78, 5) is 41.5. The summed E-state index contributed by atoms with van der Waals surface area (Å²) in [6.07, 6.45) is 4.51. The van der Waals surface area contributed by atoms with Crippen LogP contribution in [-0.4, -0.2) is 29.3 Å². The SMILES string of the molecule is O=C1C(c2ccccc2)=C(C(=O)N2C(=O)OC[C@@H]2c2ccccc2)[C@H]2[C@@H]1[C@@H]1C=C[C@H]2C1. The lowest BCUT2D eigenvalue weighted by Gasteiger charge is -2.26. The van der Waals surface area contributed by atoms with E-state index in [1.165, 1.54) is 4.90 Å². The molecule has 1 saturated heterocycles. The molecule has 2 fully saturated rings. The molecular formula is C26H21NO4. The molecule has 0 spiro atoms. The lowest BCUT2D eigenvalue weighted by molar-refractivity contribution is -0.125. The zero-order chi connectivity index (χ0) is 21.1. The van der Waals surface area contributed by atoms with Crippen LogP contribution in [0.1, 0.15) is 23.6 Å². The number of allylic oxidation sites excluding steroid dienone is 3. The molecule has 154 valence electrons. The van der Waals surface area contributed by atoms with Crippen molar-refractivity contribution in [2.75, 3.05) is 6.61 Å². The van der Waals surface area contributed by atoms with Gasteiger partial charge in [-0.05, 0) is 29.4 Å². The number of imide groups is 1. The van der Waals surface area contributed by atoms with Crippen LogP contribution in [0.4, 0.5) is 4.79 Å². The van der Waals surface area contributed by atoms with Crippen LogP contribution in [0.2, 0.25) is 0 Å². The van der Waals surface area contributed by atoms with E-state index in [4.69, 9.17) is 4.74 Å². The summed E-state index contributed by atoms with van der Waals surface area (Å²) in [5, 5.41) is 0. The van der Waals surface area contributed by atoms with E-state index in [2.05, 4.69) is 12.2 Å². The van der Waals surface area contributed by atoms with Gasteiger partial charge in [0, 0.05) is 23.0 Å². The molecule has 5 nitrogen and oxygen atoms in total. The van der Waals surface area contributed by atoms with Gasteiger partial charge in [-0.1, -0.05) is 72.8 Å². The highest BCUT2D eigenvalue weighted by Gasteiger charge is 2.58. The number of amides is 2. The molecule has 2 aromatic rings. The van der Waals surface area contributed by atoms with E-state index >= 15 is 0 Å². The Hall–Kier alpha value is -3.47. The maximum atomic E-state index is 14.0. The number of ether oxygens (including phenoxy) is 1. The van der Waals surface area contributed by atoms with E-state index < -0.39 is 18.0 Å². The van der Waals surface area contributed by atoms with Crippen molar-refractivity contribution in [3.63, 3.8) is 0 Å². The largest absolute Gasteiger partial charge is 0.446 e. The Morgan fingerprint density at radius 2 is 1.52 bits per heavy atom. The molecule has 2 amide bonds. The van der Waals surface area contributed by atoms with E-state index in [0.29, 0.717) is 11.1 Å². The molecule has 0 radical (unpaired) electrons. The predicted octanol–water partition coefficient (Wildman–Crippen LogP) is 4.18. The minimum absolute atomic E-state index is 0.0280. The van der Waals surface area contributed by atoms with Gasteiger partial charge >= 0.3 is 6.09 Å². The van der Waals surface area contributed by atoms with E-state index in [-0.39, 0.29) is 36.1 Å². The van der Waals surface area contributed by atoms with Crippen LogP contribution in [-0.2, 0) is 14.3 Å². The van der Waals surface area contributed by atoms with E-state index in [1.54, 1.807) is 0 Å². The average molecular weight is 411 g/mol. The Bertz CT molecular complexity index is 1150. The third-order valence-electron chi connectivity index (χ3n) is 7.18. The molecule has 1 heterocycles. The average Bonchev–Trinajstić information content (AvgIpc) is 3.56. The van der Waals surface area contributed by atoms with Crippen LogP contribution in [0, 0.1) is 23.7 Å². The number of rotatable bonds is 3. The quantitative estimate of drug-likeness (QED) is 0.711. The van der Waals surface area contributed by atoms with Crippen LogP contribution in [0.15, 0.2) is 78.4 Å². The van der Waals surface area contributed by atoms with Gasteiger partial charge < -0.3 is 4.74 Å². The minimum atomic E-state index is -0.645. The normalized spacial score (nSPS) is 30.8. The summed E-state index contributed by atoms with van der Waals surface area (Å²) in [6, 6.07) is 18.3. The monoisotopic (exact) mass is 411 g/mol. The molecule has 4 aliphatic rings. The van der Waals surface area contributed by atoms with E-state index in [1.807, 2.05) is 60.7 Å². The molecule has 0 unspecified atom stereocenters. The number of hydrogen-bond acceptors (Lipinski definition) is 4. The van der Waals surface area contributed by atoms with Crippen molar-refractivity contribution in [3.8, 4) is 0 Å². The summed E-state index contributed by atoms with van der Waals surface area (Å²) in [7, 11) is 0. The van der Waals surface area contributed by atoms with Crippen molar-refractivity contribution in [1.82, 2.24) is 4.90 Å². The number of carbonyl (C=O) groups is 3. The van der Waals surface area contributed by atoms with Crippen LogP contribution in [0.5, 0.6) is 0 Å². The van der Waals surface area contributed by atoms with Crippen LogP contribution in [0.3, 0.4) is 0 Å². The van der Waals surface area contributed by atoms with Gasteiger partial charge in [0.15, 0.2) is 5.78 Å². The molecule has 2 aromatic carbocycles. The molecule has 1 aliphatic heterocycles. The fraction of sp³-hybridized carbons (Fsp3) is 0.269. The number of Topliss-reactive ketones (excluding diaryl/α,β-unsaturated/α-hetero) is 1. The van der Waals surface area contributed by atoms with Gasteiger partial charge in [-0.25, -0.2) is 9.69 Å². The highest BCUT2D eigenvalue weighted by Crippen LogP contribution is 2.58. The lowest BCUT2D eigenvalue weighted by atomic mass is 9.81. The number of carbonyl (C=O) groups excluding carboxylic acids is 3. The Morgan fingerprint density at radius 3 is 2.23 bits per heavy atom. The number of ketones is 1. The summed E-state index contributed by atoms with van der Waals surface area (Å²) < 4.78 is 5.30. The summed E-state index contributed by atoms with van der Waals surface area (Å²) >= 11 is 0. The van der Waals surface area contributed by atoms with Gasteiger partial charge in [-0.15, -0.1) is 0 Å². The number of nitrogens with zero attached hydrogens (tertiary/aromatic N) is 1. The number of benzene rings is 2. The Balaban J connectivity index is 1.49. The van der Waals surface area contributed by atoms with Gasteiger partial charge in [0.05, 0.1) is 0 Å².